The van der Waals surface area contributed by atoms with Crippen molar-refractivity contribution in [1.82, 2.24) is 10.3 Å². The number of aromatic nitrogens is 1. The minimum Gasteiger partial charge on any atom is -0.394 e. The summed E-state index contributed by atoms with van der Waals surface area (Å²) >= 11 is 0. The number of benzene rings is 1. The Balaban J connectivity index is 1.93. The Morgan fingerprint density at radius 2 is 1.96 bits per heavy atom. The number of nitrogens with one attached hydrogen (secondary N) is 1. The van der Waals surface area contributed by atoms with E-state index >= 15 is 0 Å². The van der Waals surface area contributed by atoms with E-state index < -0.39 is 12.1 Å². The van der Waals surface area contributed by atoms with Gasteiger partial charge in [-0.2, -0.15) is 0 Å². The molecule has 3 N–H and O–H groups in total. The van der Waals surface area contributed by atoms with Gasteiger partial charge in [-0.3, -0.25) is 4.79 Å². The van der Waals surface area contributed by atoms with Crippen molar-refractivity contribution in [2.24, 2.45) is 0 Å². The lowest BCUT2D eigenvalue weighted by Crippen LogP contribution is -2.41. The van der Waals surface area contributed by atoms with E-state index in [0.717, 1.165) is 19.3 Å². The number of pyridine rings is 1. The minimum atomic E-state index is -1.09. The van der Waals surface area contributed by atoms with Gasteiger partial charge in [0, 0.05) is 13.3 Å². The van der Waals surface area contributed by atoms with Crippen LogP contribution in [0.4, 0.5) is 0 Å². The number of hydrogen-bond donors (Lipinski definition) is 3. The van der Waals surface area contributed by atoms with Gasteiger partial charge in [0.25, 0.3) is 0 Å². The molecular formula is C21H24N2O3. The molecule has 2 atom stereocenters. The maximum absolute atomic E-state index is 11.1. The molecule has 0 aliphatic rings. The maximum Gasteiger partial charge on any atom is 0.217 e. The third-order valence-electron chi connectivity index (χ3n) is 3.87. The average molecular weight is 352 g/mol. The summed E-state index contributed by atoms with van der Waals surface area (Å²) in [4.78, 5) is 15.5. The molecule has 0 fully saturated rings. The molecule has 1 aromatic heterocycles. The SMILES string of the molecule is CC(=O)NC(CO)C(O)c1cccc(C#CCCCc2ccccc2)n1. The van der Waals surface area contributed by atoms with Crippen LogP contribution < -0.4 is 5.32 Å². The van der Waals surface area contributed by atoms with Crippen LogP contribution in [0.3, 0.4) is 0 Å². The van der Waals surface area contributed by atoms with Crippen LogP contribution >= 0.6 is 0 Å². The van der Waals surface area contributed by atoms with E-state index in [1.807, 2.05) is 18.2 Å². The van der Waals surface area contributed by atoms with Crippen molar-refractivity contribution in [2.75, 3.05) is 6.61 Å². The van der Waals surface area contributed by atoms with Crippen molar-refractivity contribution in [3.8, 4) is 11.8 Å². The third kappa shape index (κ3) is 6.32. The van der Waals surface area contributed by atoms with E-state index in [1.165, 1.54) is 12.5 Å². The number of hydrogen-bond acceptors (Lipinski definition) is 4. The zero-order valence-electron chi connectivity index (χ0n) is 14.9. The van der Waals surface area contributed by atoms with Gasteiger partial charge in [-0.1, -0.05) is 42.3 Å². The largest absolute Gasteiger partial charge is 0.394 e. The van der Waals surface area contributed by atoms with Gasteiger partial charge >= 0.3 is 0 Å². The van der Waals surface area contributed by atoms with Gasteiger partial charge in [0.05, 0.1) is 18.3 Å². The highest BCUT2D eigenvalue weighted by molar-refractivity contribution is 5.73. The zero-order chi connectivity index (χ0) is 18.8. The molecule has 0 saturated heterocycles. The monoisotopic (exact) mass is 352 g/mol. The molecule has 1 aromatic carbocycles. The van der Waals surface area contributed by atoms with Crippen molar-refractivity contribution in [1.29, 1.82) is 0 Å². The van der Waals surface area contributed by atoms with E-state index in [2.05, 4.69) is 34.3 Å². The quantitative estimate of drug-likeness (QED) is 0.526. The fraction of sp³-hybridized carbons (Fsp3) is 0.333. The van der Waals surface area contributed by atoms with E-state index in [-0.39, 0.29) is 12.5 Å². The Morgan fingerprint density at radius 1 is 1.19 bits per heavy atom. The van der Waals surface area contributed by atoms with Crippen LogP contribution in [-0.4, -0.2) is 33.8 Å². The van der Waals surface area contributed by atoms with Crippen molar-refractivity contribution in [2.45, 2.75) is 38.3 Å². The number of aryl methyl sites for hydroxylation is 1. The molecule has 2 unspecified atom stereocenters. The molecule has 1 amide bonds. The summed E-state index contributed by atoms with van der Waals surface area (Å²) in [5.41, 5.74) is 2.22. The van der Waals surface area contributed by atoms with Crippen LogP contribution in [0.1, 0.15) is 42.8 Å². The second kappa shape index (κ2) is 10.3. The lowest BCUT2D eigenvalue weighted by atomic mass is 10.1. The fourth-order valence-corrected chi connectivity index (χ4v) is 2.56. The molecule has 1 heterocycles. The number of amides is 1. The van der Waals surface area contributed by atoms with Crippen LogP contribution in [-0.2, 0) is 11.2 Å². The Kier molecular flexibility index (Phi) is 7.81. The Labute approximate surface area is 154 Å². The fourth-order valence-electron chi connectivity index (χ4n) is 2.56. The molecule has 136 valence electrons. The summed E-state index contributed by atoms with van der Waals surface area (Å²) in [5, 5.41) is 22.2. The first-order valence-electron chi connectivity index (χ1n) is 8.66. The van der Waals surface area contributed by atoms with E-state index in [0.29, 0.717) is 11.4 Å². The molecule has 26 heavy (non-hydrogen) atoms. The summed E-state index contributed by atoms with van der Waals surface area (Å²) in [6, 6.07) is 14.6. The molecule has 0 radical (unpaired) electrons. The number of aliphatic hydroxyl groups excluding tert-OH is 2. The minimum absolute atomic E-state index is 0.322. The molecule has 5 nitrogen and oxygen atoms in total. The standard InChI is InChI=1S/C21H24N2O3/c1-16(25)22-20(15-24)21(26)19-14-8-13-18(23-19)12-7-3-6-11-17-9-4-2-5-10-17/h2,4-5,8-10,13-14,20-21,24,26H,3,6,11,15H2,1H3,(H,22,25). The molecular weight excluding hydrogens is 328 g/mol. The molecule has 0 aliphatic carbocycles. The van der Waals surface area contributed by atoms with Crippen LogP contribution in [0.2, 0.25) is 0 Å². The number of rotatable bonds is 7. The molecule has 2 aromatic rings. The first-order chi connectivity index (χ1) is 12.6. The number of carbonyl (C=O) groups excluding carboxylic acids is 1. The van der Waals surface area contributed by atoms with Crippen molar-refractivity contribution in [3.05, 3.63) is 65.5 Å². The smallest absolute Gasteiger partial charge is 0.217 e. The van der Waals surface area contributed by atoms with Gasteiger partial charge in [-0.05, 0) is 36.5 Å². The number of nitrogens with zero attached hydrogens (tertiary/aromatic N) is 1. The molecule has 0 spiro atoms. The lowest BCUT2D eigenvalue weighted by Gasteiger charge is -2.21. The summed E-state index contributed by atoms with van der Waals surface area (Å²) in [6.07, 6.45) is 1.61. The molecule has 0 bridgehead atoms. The van der Waals surface area contributed by atoms with Gasteiger partial charge in [-0.15, -0.1) is 0 Å². The highest BCUT2D eigenvalue weighted by atomic mass is 16.3. The zero-order valence-corrected chi connectivity index (χ0v) is 14.9. The normalized spacial score (nSPS) is 12.6. The van der Waals surface area contributed by atoms with Gasteiger partial charge in [-0.25, -0.2) is 4.98 Å². The van der Waals surface area contributed by atoms with Gasteiger partial charge in [0.1, 0.15) is 11.8 Å². The average Bonchev–Trinajstić information content (AvgIpc) is 2.66. The summed E-state index contributed by atoms with van der Waals surface area (Å²) in [6.45, 7) is 0.956. The topological polar surface area (TPSA) is 82.5 Å². The van der Waals surface area contributed by atoms with Crippen LogP contribution in [0.25, 0.3) is 0 Å². The predicted molar refractivity (Wildman–Crippen MR) is 100 cm³/mol. The van der Waals surface area contributed by atoms with Crippen LogP contribution in [0.5, 0.6) is 0 Å². The van der Waals surface area contributed by atoms with E-state index in [9.17, 15) is 15.0 Å². The number of unbranched alkanes of at least 4 members (excludes halogenated alkanes) is 1. The second-order valence-electron chi connectivity index (χ2n) is 6.02. The summed E-state index contributed by atoms with van der Waals surface area (Å²) in [5.74, 6) is 5.78. The first kappa shape index (κ1) is 19.6. The van der Waals surface area contributed by atoms with Crippen LogP contribution in [0.15, 0.2) is 48.5 Å². The van der Waals surface area contributed by atoms with Gasteiger partial charge < -0.3 is 15.5 Å². The maximum atomic E-state index is 11.1. The molecule has 0 saturated carbocycles. The number of carbonyl (C=O) groups is 1. The lowest BCUT2D eigenvalue weighted by molar-refractivity contribution is -0.121. The van der Waals surface area contributed by atoms with E-state index in [4.69, 9.17) is 0 Å². The first-order valence-corrected chi connectivity index (χ1v) is 8.66. The molecule has 2 rings (SSSR count). The van der Waals surface area contributed by atoms with E-state index in [1.54, 1.807) is 18.2 Å². The Morgan fingerprint density at radius 3 is 2.65 bits per heavy atom. The van der Waals surface area contributed by atoms with Crippen LogP contribution in [0, 0.1) is 11.8 Å². The molecule has 0 aliphatic heterocycles. The van der Waals surface area contributed by atoms with Crippen molar-refractivity contribution >= 4 is 5.91 Å². The summed E-state index contributed by atoms with van der Waals surface area (Å²) in [7, 11) is 0. The Hall–Kier alpha value is -2.68. The van der Waals surface area contributed by atoms with Gasteiger partial charge in [0.15, 0.2) is 0 Å². The second-order valence-corrected chi connectivity index (χ2v) is 6.02. The van der Waals surface area contributed by atoms with Crippen molar-refractivity contribution in [3.63, 3.8) is 0 Å². The highest BCUT2D eigenvalue weighted by Crippen LogP contribution is 2.15. The van der Waals surface area contributed by atoms with Crippen molar-refractivity contribution < 1.29 is 15.0 Å². The summed E-state index contributed by atoms with van der Waals surface area (Å²) < 4.78 is 0. The van der Waals surface area contributed by atoms with Gasteiger partial charge in [0.2, 0.25) is 5.91 Å². The Bertz CT molecular complexity index is 766. The molecule has 5 heteroatoms. The highest BCUT2D eigenvalue weighted by Gasteiger charge is 2.22. The predicted octanol–water partition coefficient (Wildman–Crippen LogP) is 1.99. The third-order valence-corrected chi connectivity index (χ3v) is 3.87. The number of aliphatic hydroxyl groups is 2.